The number of benzene rings is 1. The van der Waals surface area contributed by atoms with E-state index in [1.54, 1.807) is 0 Å². The van der Waals surface area contributed by atoms with E-state index < -0.39 is 0 Å². The smallest absolute Gasteiger partial charge is 0.119 e. The van der Waals surface area contributed by atoms with Crippen LogP contribution < -0.4 is 4.74 Å². The lowest BCUT2D eigenvalue weighted by atomic mass is 9.86. The standard InChI is InChI=1S/C17H27BrO/c1-4-7-8-15-9-11-16(12-10-15)19-14-17(5-2,6-3)13-18/h9-12H,4-8,13-14H2,1-3H3. The van der Waals surface area contributed by atoms with Crippen LogP contribution in [0.3, 0.4) is 0 Å². The van der Waals surface area contributed by atoms with Crippen LogP contribution in [0.4, 0.5) is 0 Å². The van der Waals surface area contributed by atoms with E-state index in [2.05, 4.69) is 61.0 Å². The Bertz CT molecular complexity index is 333. The van der Waals surface area contributed by atoms with Crippen molar-refractivity contribution < 1.29 is 4.74 Å². The molecule has 0 aromatic heterocycles. The molecule has 1 rings (SSSR count). The van der Waals surface area contributed by atoms with Gasteiger partial charge in [0.05, 0.1) is 6.61 Å². The highest BCUT2D eigenvalue weighted by atomic mass is 79.9. The van der Waals surface area contributed by atoms with Gasteiger partial charge in [-0.05, 0) is 43.4 Å². The lowest BCUT2D eigenvalue weighted by Crippen LogP contribution is -2.28. The predicted molar refractivity (Wildman–Crippen MR) is 87.4 cm³/mol. The fourth-order valence-corrected chi connectivity index (χ4v) is 3.01. The molecule has 2 heteroatoms. The van der Waals surface area contributed by atoms with Gasteiger partial charge in [-0.3, -0.25) is 0 Å². The number of alkyl halides is 1. The minimum atomic E-state index is 0.265. The lowest BCUT2D eigenvalue weighted by molar-refractivity contribution is 0.158. The molecular weight excluding hydrogens is 300 g/mol. The molecule has 0 amide bonds. The number of hydrogen-bond donors (Lipinski definition) is 0. The molecule has 0 N–H and O–H groups in total. The normalized spacial score (nSPS) is 11.6. The second-order valence-electron chi connectivity index (χ2n) is 5.38. The number of aryl methyl sites for hydroxylation is 1. The molecule has 0 aliphatic heterocycles. The number of hydrogen-bond acceptors (Lipinski definition) is 1. The van der Waals surface area contributed by atoms with Crippen LogP contribution in [0.5, 0.6) is 5.75 Å². The third-order valence-corrected chi connectivity index (χ3v) is 5.26. The summed E-state index contributed by atoms with van der Waals surface area (Å²) in [7, 11) is 0. The van der Waals surface area contributed by atoms with Gasteiger partial charge in [-0.2, -0.15) is 0 Å². The van der Waals surface area contributed by atoms with Crippen molar-refractivity contribution in [2.24, 2.45) is 5.41 Å². The third kappa shape index (κ3) is 5.18. The molecule has 19 heavy (non-hydrogen) atoms. The maximum absolute atomic E-state index is 5.97. The fraction of sp³-hybridized carbons (Fsp3) is 0.647. The lowest BCUT2D eigenvalue weighted by Gasteiger charge is -2.29. The monoisotopic (exact) mass is 326 g/mol. The first-order chi connectivity index (χ1) is 9.19. The van der Waals surface area contributed by atoms with Gasteiger partial charge < -0.3 is 4.74 Å². The van der Waals surface area contributed by atoms with Crippen LogP contribution in [-0.2, 0) is 6.42 Å². The van der Waals surface area contributed by atoms with Gasteiger partial charge >= 0.3 is 0 Å². The van der Waals surface area contributed by atoms with E-state index in [0.717, 1.165) is 30.5 Å². The molecule has 1 aromatic carbocycles. The van der Waals surface area contributed by atoms with E-state index in [1.165, 1.54) is 24.8 Å². The molecule has 0 saturated carbocycles. The molecule has 0 aliphatic rings. The Morgan fingerprint density at radius 2 is 1.68 bits per heavy atom. The Kier molecular flexibility index (Phi) is 7.52. The average molecular weight is 327 g/mol. The summed E-state index contributed by atoms with van der Waals surface area (Å²) in [6.45, 7) is 7.50. The molecule has 0 fully saturated rings. The molecule has 0 saturated heterocycles. The molecule has 0 aliphatic carbocycles. The summed E-state index contributed by atoms with van der Waals surface area (Å²) in [4.78, 5) is 0. The Labute approximate surface area is 126 Å². The van der Waals surface area contributed by atoms with Crippen molar-refractivity contribution in [1.29, 1.82) is 0 Å². The Morgan fingerprint density at radius 3 is 2.16 bits per heavy atom. The molecule has 1 nitrogen and oxygen atoms in total. The van der Waals surface area contributed by atoms with Crippen molar-refractivity contribution in [2.45, 2.75) is 52.9 Å². The summed E-state index contributed by atoms with van der Waals surface area (Å²) in [5.74, 6) is 0.993. The zero-order chi connectivity index (χ0) is 14.1. The first-order valence-corrected chi connectivity index (χ1v) is 8.59. The molecule has 0 spiro atoms. The van der Waals surface area contributed by atoms with Crippen molar-refractivity contribution >= 4 is 15.9 Å². The second kappa shape index (κ2) is 8.63. The van der Waals surface area contributed by atoms with Gasteiger partial charge in [-0.1, -0.05) is 55.3 Å². The highest BCUT2D eigenvalue weighted by molar-refractivity contribution is 9.09. The molecule has 108 valence electrons. The summed E-state index contributed by atoms with van der Waals surface area (Å²) < 4.78 is 5.97. The van der Waals surface area contributed by atoms with Crippen LogP contribution >= 0.6 is 15.9 Å². The van der Waals surface area contributed by atoms with Gasteiger partial charge in [-0.25, -0.2) is 0 Å². The minimum Gasteiger partial charge on any atom is -0.493 e. The number of halogens is 1. The van der Waals surface area contributed by atoms with Crippen molar-refractivity contribution in [1.82, 2.24) is 0 Å². The topological polar surface area (TPSA) is 9.23 Å². The number of unbranched alkanes of at least 4 members (excludes halogenated alkanes) is 1. The molecular formula is C17H27BrO. The van der Waals surface area contributed by atoms with Gasteiger partial charge in [0.25, 0.3) is 0 Å². The van der Waals surface area contributed by atoms with Gasteiger partial charge in [0.2, 0.25) is 0 Å². The largest absolute Gasteiger partial charge is 0.493 e. The average Bonchev–Trinajstić information content (AvgIpc) is 2.48. The van der Waals surface area contributed by atoms with Crippen molar-refractivity contribution in [3.05, 3.63) is 29.8 Å². The van der Waals surface area contributed by atoms with E-state index in [-0.39, 0.29) is 5.41 Å². The van der Waals surface area contributed by atoms with Crippen LogP contribution in [0.25, 0.3) is 0 Å². The molecule has 0 atom stereocenters. The predicted octanol–water partition coefficient (Wildman–Crippen LogP) is 5.61. The summed E-state index contributed by atoms with van der Waals surface area (Å²) in [5, 5.41) is 1.00. The van der Waals surface area contributed by atoms with Crippen LogP contribution in [0.1, 0.15) is 52.0 Å². The second-order valence-corrected chi connectivity index (χ2v) is 5.94. The van der Waals surface area contributed by atoms with E-state index >= 15 is 0 Å². The van der Waals surface area contributed by atoms with Gasteiger partial charge in [0.1, 0.15) is 5.75 Å². The van der Waals surface area contributed by atoms with E-state index in [1.807, 2.05) is 0 Å². The fourth-order valence-electron chi connectivity index (χ4n) is 2.05. The maximum Gasteiger partial charge on any atom is 0.119 e. The van der Waals surface area contributed by atoms with Gasteiger partial charge in [-0.15, -0.1) is 0 Å². The van der Waals surface area contributed by atoms with E-state index in [0.29, 0.717) is 0 Å². The Morgan fingerprint density at radius 1 is 1.05 bits per heavy atom. The van der Waals surface area contributed by atoms with Gasteiger partial charge in [0, 0.05) is 10.7 Å². The summed E-state index contributed by atoms with van der Waals surface area (Å²) in [6.07, 6.45) is 5.97. The molecule has 0 heterocycles. The summed E-state index contributed by atoms with van der Waals surface area (Å²) in [5.41, 5.74) is 1.67. The number of ether oxygens (including phenoxy) is 1. The molecule has 0 unspecified atom stereocenters. The maximum atomic E-state index is 5.97. The molecule has 0 bridgehead atoms. The van der Waals surface area contributed by atoms with Crippen LogP contribution in [0, 0.1) is 5.41 Å². The van der Waals surface area contributed by atoms with Crippen molar-refractivity contribution in [3.63, 3.8) is 0 Å². The Balaban J connectivity index is 2.53. The van der Waals surface area contributed by atoms with Crippen molar-refractivity contribution in [3.8, 4) is 5.75 Å². The van der Waals surface area contributed by atoms with Crippen molar-refractivity contribution in [2.75, 3.05) is 11.9 Å². The number of rotatable bonds is 9. The summed E-state index contributed by atoms with van der Waals surface area (Å²) >= 11 is 3.63. The molecule has 0 radical (unpaired) electrons. The van der Waals surface area contributed by atoms with Crippen LogP contribution in [0.2, 0.25) is 0 Å². The van der Waals surface area contributed by atoms with Crippen LogP contribution in [0.15, 0.2) is 24.3 Å². The first-order valence-electron chi connectivity index (χ1n) is 7.47. The SMILES string of the molecule is CCCCc1ccc(OCC(CC)(CC)CBr)cc1. The summed E-state index contributed by atoms with van der Waals surface area (Å²) in [6, 6.07) is 8.60. The first kappa shape index (κ1) is 16.6. The van der Waals surface area contributed by atoms with E-state index in [9.17, 15) is 0 Å². The third-order valence-electron chi connectivity index (χ3n) is 4.07. The molecule has 1 aromatic rings. The van der Waals surface area contributed by atoms with Gasteiger partial charge in [0.15, 0.2) is 0 Å². The van der Waals surface area contributed by atoms with E-state index in [4.69, 9.17) is 4.74 Å². The Hall–Kier alpha value is -0.500. The minimum absolute atomic E-state index is 0.265. The quantitative estimate of drug-likeness (QED) is 0.536. The zero-order valence-corrected chi connectivity index (χ0v) is 14.1. The highest BCUT2D eigenvalue weighted by Gasteiger charge is 2.25. The van der Waals surface area contributed by atoms with Crippen LogP contribution in [-0.4, -0.2) is 11.9 Å². The zero-order valence-electron chi connectivity index (χ0n) is 12.5. The highest BCUT2D eigenvalue weighted by Crippen LogP contribution is 2.29.